The van der Waals surface area contributed by atoms with Gasteiger partial charge in [-0.2, -0.15) is 0 Å². The van der Waals surface area contributed by atoms with Crippen LogP contribution in [0.1, 0.15) is 24.0 Å². The lowest BCUT2D eigenvalue weighted by Gasteiger charge is -2.14. The minimum Gasteiger partial charge on any atom is -0.502 e. The molecule has 0 amide bonds. The number of phenols is 2. The molecule has 0 spiro atoms. The highest BCUT2D eigenvalue weighted by Gasteiger charge is 2.14. The molecule has 6 heteroatoms. The number of benzene rings is 2. The molecule has 0 saturated carbocycles. The summed E-state index contributed by atoms with van der Waals surface area (Å²) < 4.78 is 20.7. The van der Waals surface area contributed by atoms with Gasteiger partial charge in [0, 0.05) is 0 Å². The van der Waals surface area contributed by atoms with Gasteiger partial charge in [0.2, 0.25) is 11.5 Å². The normalized spacial score (nSPS) is 12.0. The van der Waals surface area contributed by atoms with E-state index in [0.717, 1.165) is 11.1 Å². The van der Waals surface area contributed by atoms with Gasteiger partial charge >= 0.3 is 0 Å². The molecule has 0 radical (unpaired) electrons. The second-order valence-corrected chi connectivity index (χ2v) is 5.70. The molecule has 0 bridgehead atoms. The maximum Gasteiger partial charge on any atom is 0.200 e. The van der Waals surface area contributed by atoms with Crippen LogP contribution in [0.5, 0.6) is 34.5 Å². The van der Waals surface area contributed by atoms with Gasteiger partial charge in [-0.05, 0) is 41.3 Å². The van der Waals surface area contributed by atoms with Gasteiger partial charge < -0.3 is 29.2 Å². The molecule has 2 N–H and O–H groups in total. The summed E-state index contributed by atoms with van der Waals surface area (Å²) in [6.45, 7) is 2.01. The lowest BCUT2D eigenvalue weighted by atomic mass is 9.98. The first-order valence-corrected chi connectivity index (χ1v) is 8.03. The van der Waals surface area contributed by atoms with E-state index in [2.05, 4.69) is 0 Å². The average molecular weight is 360 g/mol. The van der Waals surface area contributed by atoms with E-state index in [-0.39, 0.29) is 17.4 Å². The number of aromatic hydroxyl groups is 2. The topological polar surface area (TPSA) is 77.4 Å². The van der Waals surface area contributed by atoms with Crippen molar-refractivity contribution in [3.63, 3.8) is 0 Å². The highest BCUT2D eigenvalue weighted by atomic mass is 16.5. The second kappa shape index (κ2) is 8.38. The van der Waals surface area contributed by atoms with Crippen LogP contribution >= 0.6 is 0 Å². The summed E-state index contributed by atoms with van der Waals surface area (Å²) in [5.41, 5.74) is 1.74. The maximum absolute atomic E-state index is 10.0. The molecule has 1 unspecified atom stereocenters. The predicted octanol–water partition coefficient (Wildman–Crippen LogP) is 3.95. The molecule has 2 rings (SSSR count). The number of rotatable bonds is 7. The Labute approximate surface area is 153 Å². The van der Waals surface area contributed by atoms with Gasteiger partial charge in [0.05, 0.1) is 28.4 Å². The van der Waals surface area contributed by atoms with Crippen LogP contribution in [-0.2, 0) is 0 Å². The molecule has 2 aromatic carbocycles. The first kappa shape index (κ1) is 19.3. The molecule has 0 aliphatic heterocycles. The highest BCUT2D eigenvalue weighted by molar-refractivity contribution is 5.62. The van der Waals surface area contributed by atoms with Crippen molar-refractivity contribution >= 4 is 6.08 Å². The summed E-state index contributed by atoms with van der Waals surface area (Å²) >= 11 is 0. The fourth-order valence-corrected chi connectivity index (χ4v) is 2.55. The van der Waals surface area contributed by atoms with E-state index in [1.807, 2.05) is 19.1 Å². The zero-order valence-electron chi connectivity index (χ0n) is 15.6. The first-order valence-electron chi connectivity index (χ1n) is 8.03. The fraction of sp³-hybridized carbons (Fsp3) is 0.300. The van der Waals surface area contributed by atoms with Crippen LogP contribution in [0.25, 0.3) is 6.08 Å². The van der Waals surface area contributed by atoms with Gasteiger partial charge in [-0.1, -0.05) is 19.1 Å². The Kier molecular flexibility index (Phi) is 6.22. The van der Waals surface area contributed by atoms with Crippen LogP contribution in [0, 0.1) is 0 Å². The van der Waals surface area contributed by atoms with Crippen molar-refractivity contribution in [3.05, 3.63) is 41.5 Å². The van der Waals surface area contributed by atoms with Gasteiger partial charge in [0.15, 0.2) is 23.0 Å². The number of hydrogen-bond donors (Lipinski definition) is 2. The molecule has 0 aliphatic rings. The number of ether oxygens (including phenoxy) is 4. The van der Waals surface area contributed by atoms with E-state index in [9.17, 15) is 10.2 Å². The summed E-state index contributed by atoms with van der Waals surface area (Å²) in [5, 5.41) is 20.0. The third-order valence-electron chi connectivity index (χ3n) is 4.11. The minimum absolute atomic E-state index is 0.0178. The molecule has 6 nitrogen and oxygen atoms in total. The standard InChI is InChI=1S/C20H24O6/c1-12(14-10-17(25-4)20(22)18(11-14)26-5)6-7-13-8-15(23-2)19(21)16(9-13)24-3/h6-12,21-22H,1-5H3. The van der Waals surface area contributed by atoms with Gasteiger partial charge in [-0.25, -0.2) is 0 Å². The van der Waals surface area contributed by atoms with Crippen LogP contribution < -0.4 is 18.9 Å². The van der Waals surface area contributed by atoms with Crippen molar-refractivity contribution < 1.29 is 29.2 Å². The predicted molar refractivity (Wildman–Crippen MR) is 99.9 cm³/mol. The quantitative estimate of drug-likeness (QED) is 0.778. The molecule has 0 heterocycles. The van der Waals surface area contributed by atoms with E-state index < -0.39 is 0 Å². The van der Waals surface area contributed by atoms with Crippen molar-refractivity contribution in [2.45, 2.75) is 12.8 Å². The van der Waals surface area contributed by atoms with Crippen LogP contribution in [0.2, 0.25) is 0 Å². The summed E-state index contributed by atoms with van der Waals surface area (Å²) in [6, 6.07) is 6.98. The van der Waals surface area contributed by atoms with Gasteiger partial charge in [-0.3, -0.25) is 0 Å². The Balaban J connectivity index is 2.34. The molecule has 2 aromatic rings. The van der Waals surface area contributed by atoms with Gasteiger partial charge in [0.1, 0.15) is 0 Å². The number of allylic oxidation sites excluding steroid dienone is 1. The Morgan fingerprint density at radius 1 is 0.731 bits per heavy atom. The third-order valence-corrected chi connectivity index (χ3v) is 4.11. The van der Waals surface area contributed by atoms with Crippen LogP contribution in [0.4, 0.5) is 0 Å². The molecule has 0 aromatic heterocycles. The van der Waals surface area contributed by atoms with Gasteiger partial charge in [0.25, 0.3) is 0 Å². The Morgan fingerprint density at radius 2 is 1.12 bits per heavy atom. The molecule has 0 aliphatic carbocycles. The third kappa shape index (κ3) is 3.96. The summed E-state index contributed by atoms with van der Waals surface area (Å²) in [5.74, 6) is 1.34. The molecule has 1 atom stereocenters. The van der Waals surface area contributed by atoms with Gasteiger partial charge in [-0.15, -0.1) is 0 Å². The van der Waals surface area contributed by atoms with E-state index >= 15 is 0 Å². The summed E-state index contributed by atoms with van der Waals surface area (Å²) in [7, 11) is 5.96. The lowest BCUT2D eigenvalue weighted by molar-refractivity contribution is 0.339. The highest BCUT2D eigenvalue weighted by Crippen LogP contribution is 2.40. The minimum atomic E-state index is -0.0341. The van der Waals surface area contributed by atoms with Crippen molar-refractivity contribution in [3.8, 4) is 34.5 Å². The molecule has 26 heavy (non-hydrogen) atoms. The van der Waals surface area contributed by atoms with Crippen molar-refractivity contribution in [1.29, 1.82) is 0 Å². The van der Waals surface area contributed by atoms with E-state index in [1.165, 1.54) is 28.4 Å². The van der Waals surface area contributed by atoms with Crippen LogP contribution in [0.3, 0.4) is 0 Å². The smallest absolute Gasteiger partial charge is 0.200 e. The zero-order valence-corrected chi connectivity index (χ0v) is 15.6. The van der Waals surface area contributed by atoms with Crippen LogP contribution in [-0.4, -0.2) is 38.7 Å². The van der Waals surface area contributed by atoms with Crippen LogP contribution in [0.15, 0.2) is 30.3 Å². The lowest BCUT2D eigenvalue weighted by Crippen LogP contribution is -1.95. The Hall–Kier alpha value is -3.02. The number of methoxy groups -OCH3 is 4. The number of hydrogen-bond acceptors (Lipinski definition) is 6. The molecule has 0 saturated heterocycles. The SMILES string of the molecule is COc1cc(C=CC(C)c2cc(OC)c(O)c(OC)c2)cc(OC)c1O. The van der Waals surface area contributed by atoms with E-state index in [4.69, 9.17) is 18.9 Å². The monoisotopic (exact) mass is 360 g/mol. The number of phenolic OH excluding ortho intramolecular Hbond substituents is 2. The van der Waals surface area contributed by atoms with E-state index in [1.54, 1.807) is 24.3 Å². The first-order chi connectivity index (χ1) is 12.4. The molecule has 0 fully saturated rings. The van der Waals surface area contributed by atoms with Crippen molar-refractivity contribution in [2.24, 2.45) is 0 Å². The fourth-order valence-electron chi connectivity index (χ4n) is 2.55. The molecular formula is C20H24O6. The largest absolute Gasteiger partial charge is 0.502 e. The second-order valence-electron chi connectivity index (χ2n) is 5.70. The van der Waals surface area contributed by atoms with Crippen molar-refractivity contribution in [1.82, 2.24) is 0 Å². The average Bonchev–Trinajstić information content (AvgIpc) is 2.66. The van der Waals surface area contributed by atoms with Crippen molar-refractivity contribution in [2.75, 3.05) is 28.4 Å². The Morgan fingerprint density at radius 3 is 1.50 bits per heavy atom. The molecule has 140 valence electrons. The zero-order chi connectivity index (χ0) is 19.3. The molecular weight excluding hydrogens is 336 g/mol. The summed E-state index contributed by atoms with van der Waals surface area (Å²) in [4.78, 5) is 0. The Bertz CT molecular complexity index is 747. The summed E-state index contributed by atoms with van der Waals surface area (Å²) in [6.07, 6.45) is 3.89. The van der Waals surface area contributed by atoms with E-state index in [0.29, 0.717) is 23.0 Å². The maximum atomic E-state index is 10.0.